The summed E-state index contributed by atoms with van der Waals surface area (Å²) in [5.74, 6) is 0.515. The Hall–Kier alpha value is -0.910. The Balaban J connectivity index is 1.65. The van der Waals surface area contributed by atoms with Gasteiger partial charge in [-0.25, -0.2) is 0 Å². The molecule has 1 amide bonds. The van der Waals surface area contributed by atoms with Gasteiger partial charge >= 0.3 is 0 Å². The van der Waals surface area contributed by atoms with Crippen LogP contribution in [-0.2, 0) is 11.3 Å². The molecule has 0 unspecified atom stereocenters. The fourth-order valence-electron chi connectivity index (χ4n) is 2.18. The maximum absolute atomic E-state index is 11.8. The van der Waals surface area contributed by atoms with Gasteiger partial charge in [-0.05, 0) is 43.3 Å². The number of carbonyl (C=O) groups excluding carboxylic acids is 1. The van der Waals surface area contributed by atoms with Crippen LogP contribution in [-0.4, -0.2) is 42.2 Å². The summed E-state index contributed by atoms with van der Waals surface area (Å²) in [6.07, 6.45) is 1.99. The van der Waals surface area contributed by atoms with Crippen LogP contribution >= 0.6 is 11.3 Å². The van der Waals surface area contributed by atoms with Crippen molar-refractivity contribution in [2.45, 2.75) is 19.4 Å². The van der Waals surface area contributed by atoms with E-state index in [2.05, 4.69) is 10.2 Å². The van der Waals surface area contributed by atoms with Gasteiger partial charge in [-0.3, -0.25) is 9.69 Å². The van der Waals surface area contributed by atoms with Crippen LogP contribution in [0.15, 0.2) is 17.5 Å². The number of hydrogen-bond donors (Lipinski definition) is 2. The summed E-state index contributed by atoms with van der Waals surface area (Å²) in [7, 11) is 0. The van der Waals surface area contributed by atoms with Crippen LogP contribution in [0.2, 0.25) is 0 Å². The van der Waals surface area contributed by atoms with E-state index < -0.39 is 0 Å². The van der Waals surface area contributed by atoms with E-state index in [0.717, 1.165) is 25.9 Å². The smallest absolute Gasteiger partial charge is 0.234 e. The lowest BCUT2D eigenvalue weighted by Crippen LogP contribution is -2.41. The lowest BCUT2D eigenvalue weighted by Gasteiger charge is -2.30. The summed E-state index contributed by atoms with van der Waals surface area (Å²) in [4.78, 5) is 15.1. The molecule has 0 aliphatic carbocycles. The monoisotopic (exact) mass is 268 g/mol. The van der Waals surface area contributed by atoms with Gasteiger partial charge in [0.1, 0.15) is 0 Å². The van der Waals surface area contributed by atoms with Crippen molar-refractivity contribution in [3.63, 3.8) is 0 Å². The number of piperidine rings is 1. The predicted octanol–water partition coefficient (Wildman–Crippen LogP) is 1.07. The Morgan fingerprint density at radius 3 is 2.89 bits per heavy atom. The summed E-state index contributed by atoms with van der Waals surface area (Å²) in [6.45, 7) is 3.21. The van der Waals surface area contributed by atoms with E-state index in [9.17, 15) is 4.79 Å². The van der Waals surface area contributed by atoms with Crippen molar-refractivity contribution in [1.29, 1.82) is 0 Å². The van der Waals surface area contributed by atoms with Gasteiger partial charge in [0.15, 0.2) is 0 Å². The number of aliphatic hydroxyl groups is 1. The molecular formula is C13H20N2O2S. The van der Waals surface area contributed by atoms with Gasteiger partial charge in [-0.1, -0.05) is 6.07 Å². The highest BCUT2D eigenvalue weighted by Gasteiger charge is 2.19. The Labute approximate surface area is 112 Å². The van der Waals surface area contributed by atoms with Crippen molar-refractivity contribution in [3.05, 3.63) is 22.4 Å². The molecule has 1 fully saturated rings. The van der Waals surface area contributed by atoms with Crippen LogP contribution in [0.4, 0.5) is 0 Å². The van der Waals surface area contributed by atoms with Crippen LogP contribution in [0, 0.1) is 5.92 Å². The number of amides is 1. The van der Waals surface area contributed by atoms with Gasteiger partial charge in [-0.15, -0.1) is 11.3 Å². The third-order valence-corrected chi connectivity index (χ3v) is 4.25. The quantitative estimate of drug-likeness (QED) is 0.840. The van der Waals surface area contributed by atoms with Crippen molar-refractivity contribution in [2.24, 2.45) is 5.92 Å². The highest BCUT2D eigenvalue weighted by molar-refractivity contribution is 7.09. The molecule has 4 nitrogen and oxygen atoms in total. The van der Waals surface area contributed by atoms with E-state index in [4.69, 9.17) is 5.11 Å². The third kappa shape index (κ3) is 4.08. The average molecular weight is 268 g/mol. The normalized spacial score (nSPS) is 17.8. The molecule has 0 spiro atoms. The zero-order valence-corrected chi connectivity index (χ0v) is 11.3. The van der Waals surface area contributed by atoms with Crippen LogP contribution in [0.1, 0.15) is 17.7 Å². The molecule has 1 saturated heterocycles. The predicted molar refractivity (Wildman–Crippen MR) is 72.4 cm³/mol. The first-order chi connectivity index (χ1) is 8.78. The zero-order chi connectivity index (χ0) is 12.8. The topological polar surface area (TPSA) is 52.6 Å². The number of likely N-dealkylation sites (tertiary alicyclic amines) is 1. The summed E-state index contributed by atoms with van der Waals surface area (Å²) < 4.78 is 0. The average Bonchev–Trinajstić information content (AvgIpc) is 2.90. The fourth-order valence-corrected chi connectivity index (χ4v) is 2.83. The number of nitrogens with one attached hydrogen (secondary N) is 1. The summed E-state index contributed by atoms with van der Waals surface area (Å²) in [5, 5.41) is 14.0. The molecule has 0 saturated carbocycles. The number of thiophene rings is 1. The van der Waals surface area contributed by atoms with Crippen LogP contribution in [0.25, 0.3) is 0 Å². The van der Waals surface area contributed by atoms with E-state index in [1.54, 1.807) is 11.3 Å². The first-order valence-electron chi connectivity index (χ1n) is 6.40. The lowest BCUT2D eigenvalue weighted by atomic mass is 9.98. The molecule has 18 heavy (non-hydrogen) atoms. The molecule has 1 aromatic rings. The first kappa shape index (κ1) is 13.5. The first-order valence-corrected chi connectivity index (χ1v) is 7.28. The number of nitrogens with zero attached hydrogens (tertiary/aromatic N) is 1. The number of aliphatic hydroxyl groups excluding tert-OH is 1. The summed E-state index contributed by atoms with van der Waals surface area (Å²) in [5.41, 5.74) is 0. The van der Waals surface area contributed by atoms with Crippen molar-refractivity contribution in [2.75, 3.05) is 26.2 Å². The van der Waals surface area contributed by atoms with Crippen molar-refractivity contribution in [1.82, 2.24) is 10.2 Å². The Kier molecular flexibility index (Phi) is 5.16. The minimum atomic E-state index is 0.0887. The molecule has 0 atom stereocenters. The van der Waals surface area contributed by atoms with E-state index in [1.807, 2.05) is 17.5 Å². The standard InChI is InChI=1S/C13H20N2O2S/c16-10-11-3-5-15(6-4-11)9-13(17)14-8-12-2-1-7-18-12/h1-2,7,11,16H,3-6,8-10H2,(H,14,17). The van der Waals surface area contributed by atoms with E-state index in [-0.39, 0.29) is 12.5 Å². The van der Waals surface area contributed by atoms with Crippen LogP contribution in [0.3, 0.4) is 0 Å². The second-order valence-corrected chi connectivity index (χ2v) is 5.79. The second-order valence-electron chi connectivity index (χ2n) is 4.76. The number of hydrogen-bond acceptors (Lipinski definition) is 4. The fraction of sp³-hybridized carbons (Fsp3) is 0.615. The van der Waals surface area contributed by atoms with Gasteiger partial charge in [0.25, 0.3) is 0 Å². The highest BCUT2D eigenvalue weighted by Crippen LogP contribution is 2.15. The maximum Gasteiger partial charge on any atom is 0.234 e. The van der Waals surface area contributed by atoms with E-state index >= 15 is 0 Å². The Bertz CT molecular complexity index is 359. The van der Waals surface area contributed by atoms with Gasteiger partial charge in [-0.2, -0.15) is 0 Å². The largest absolute Gasteiger partial charge is 0.396 e. The van der Waals surface area contributed by atoms with Crippen LogP contribution in [0.5, 0.6) is 0 Å². The minimum absolute atomic E-state index is 0.0887. The number of carbonyl (C=O) groups is 1. The molecule has 0 radical (unpaired) electrons. The van der Waals surface area contributed by atoms with Gasteiger partial charge in [0.05, 0.1) is 13.1 Å². The minimum Gasteiger partial charge on any atom is -0.396 e. The maximum atomic E-state index is 11.8. The third-order valence-electron chi connectivity index (χ3n) is 3.37. The lowest BCUT2D eigenvalue weighted by molar-refractivity contribution is -0.122. The molecule has 100 valence electrons. The molecule has 2 heterocycles. The number of rotatable bonds is 5. The molecule has 0 aromatic carbocycles. The molecule has 2 rings (SSSR count). The molecular weight excluding hydrogens is 248 g/mol. The van der Waals surface area contributed by atoms with Crippen molar-refractivity contribution >= 4 is 17.2 Å². The van der Waals surface area contributed by atoms with Gasteiger partial charge in [0.2, 0.25) is 5.91 Å². The summed E-state index contributed by atoms with van der Waals surface area (Å²) in [6, 6.07) is 4.02. The summed E-state index contributed by atoms with van der Waals surface area (Å²) >= 11 is 1.66. The van der Waals surface area contributed by atoms with Crippen molar-refractivity contribution < 1.29 is 9.90 Å². The molecule has 2 N–H and O–H groups in total. The molecule has 1 aromatic heterocycles. The van der Waals surface area contributed by atoms with Crippen LogP contribution < -0.4 is 5.32 Å². The Morgan fingerprint density at radius 1 is 1.50 bits per heavy atom. The Morgan fingerprint density at radius 2 is 2.28 bits per heavy atom. The second kappa shape index (κ2) is 6.87. The van der Waals surface area contributed by atoms with Gasteiger partial charge < -0.3 is 10.4 Å². The van der Waals surface area contributed by atoms with E-state index in [0.29, 0.717) is 19.0 Å². The molecule has 5 heteroatoms. The molecule has 0 bridgehead atoms. The van der Waals surface area contributed by atoms with E-state index in [1.165, 1.54) is 4.88 Å². The highest BCUT2D eigenvalue weighted by atomic mass is 32.1. The molecule has 1 aliphatic rings. The van der Waals surface area contributed by atoms with Gasteiger partial charge in [0, 0.05) is 11.5 Å². The zero-order valence-electron chi connectivity index (χ0n) is 10.5. The van der Waals surface area contributed by atoms with Crippen molar-refractivity contribution in [3.8, 4) is 0 Å². The SMILES string of the molecule is O=C(CN1CCC(CO)CC1)NCc1cccs1. The molecule has 1 aliphatic heterocycles.